The molecule has 3 rings (SSSR count). The van der Waals surface area contributed by atoms with Gasteiger partial charge >= 0.3 is 6.61 Å². The van der Waals surface area contributed by atoms with Crippen LogP contribution >= 0.6 is 12.2 Å². The van der Waals surface area contributed by atoms with Crippen molar-refractivity contribution in [2.75, 3.05) is 12.4 Å². The summed E-state index contributed by atoms with van der Waals surface area (Å²) in [5, 5.41) is 6.02. The van der Waals surface area contributed by atoms with Crippen LogP contribution in [0.15, 0.2) is 66.7 Å². The molecule has 0 heterocycles. The Morgan fingerprint density at radius 1 is 1.04 bits per heavy atom. The van der Waals surface area contributed by atoms with Crippen molar-refractivity contribution in [2.45, 2.75) is 13.2 Å². The third-order valence-corrected chi connectivity index (χ3v) is 4.32. The summed E-state index contributed by atoms with van der Waals surface area (Å²) in [6.45, 7) is -2.17. The summed E-state index contributed by atoms with van der Waals surface area (Å²) in [5.74, 6) is 0.112. The van der Waals surface area contributed by atoms with Gasteiger partial charge in [0.15, 0.2) is 5.11 Å². The maximum absolute atomic E-state index is 12.2. The number of rotatable bonds is 5. The lowest BCUT2D eigenvalue weighted by molar-refractivity contribution is -0.0498. The van der Waals surface area contributed by atoms with Gasteiger partial charge in [0.05, 0.1) is 0 Å². The first kappa shape index (κ1) is 18.1. The van der Waals surface area contributed by atoms with Crippen LogP contribution in [0.2, 0.25) is 0 Å². The average molecular weight is 372 g/mol. The molecule has 0 atom stereocenters. The molecule has 3 aromatic carbocycles. The summed E-state index contributed by atoms with van der Waals surface area (Å²) in [4.78, 5) is 1.92. The monoisotopic (exact) mass is 372 g/mol. The lowest BCUT2D eigenvalue weighted by atomic mass is 10.1. The van der Waals surface area contributed by atoms with E-state index in [9.17, 15) is 8.78 Å². The van der Waals surface area contributed by atoms with E-state index in [1.807, 2.05) is 24.1 Å². The van der Waals surface area contributed by atoms with Crippen LogP contribution in [0.3, 0.4) is 0 Å². The van der Waals surface area contributed by atoms with Gasteiger partial charge in [0.25, 0.3) is 0 Å². The fourth-order valence-corrected chi connectivity index (χ4v) is 2.80. The second kappa shape index (κ2) is 8.10. The van der Waals surface area contributed by atoms with Crippen molar-refractivity contribution in [3.63, 3.8) is 0 Å². The number of ether oxygens (including phenoxy) is 1. The minimum Gasteiger partial charge on any atom is -0.435 e. The van der Waals surface area contributed by atoms with Crippen LogP contribution < -0.4 is 10.1 Å². The SMILES string of the molecule is CN(Cc1ccc2ccccc2c1)C(=S)Nc1ccc(OC(F)F)cc1. The lowest BCUT2D eigenvalue weighted by Crippen LogP contribution is -2.30. The second-order valence-corrected chi connectivity index (χ2v) is 6.26. The summed E-state index contributed by atoms with van der Waals surface area (Å²) in [7, 11) is 1.90. The highest BCUT2D eigenvalue weighted by molar-refractivity contribution is 7.80. The molecule has 0 unspecified atom stereocenters. The molecular weight excluding hydrogens is 354 g/mol. The van der Waals surface area contributed by atoms with Gasteiger partial charge in [0.1, 0.15) is 5.75 Å². The van der Waals surface area contributed by atoms with Crippen LogP contribution in [0, 0.1) is 0 Å². The highest BCUT2D eigenvalue weighted by atomic mass is 32.1. The van der Waals surface area contributed by atoms with Crippen molar-refractivity contribution in [3.05, 3.63) is 72.3 Å². The number of benzene rings is 3. The van der Waals surface area contributed by atoms with Crippen molar-refractivity contribution in [3.8, 4) is 5.75 Å². The molecule has 0 bridgehead atoms. The van der Waals surface area contributed by atoms with E-state index >= 15 is 0 Å². The van der Waals surface area contributed by atoms with Gasteiger partial charge in [0.2, 0.25) is 0 Å². The summed E-state index contributed by atoms with van der Waals surface area (Å²) >= 11 is 5.42. The van der Waals surface area contributed by atoms with E-state index in [0.717, 1.165) is 5.56 Å². The van der Waals surface area contributed by atoms with Crippen molar-refractivity contribution >= 4 is 33.8 Å². The van der Waals surface area contributed by atoms with Gasteiger partial charge < -0.3 is 15.0 Å². The summed E-state index contributed by atoms with van der Waals surface area (Å²) in [6, 6.07) is 20.8. The van der Waals surface area contributed by atoms with Gasteiger partial charge in [-0.15, -0.1) is 0 Å². The van der Waals surface area contributed by atoms with E-state index in [2.05, 4.69) is 40.4 Å². The molecule has 3 nitrogen and oxygen atoms in total. The number of fused-ring (bicyclic) bond motifs is 1. The smallest absolute Gasteiger partial charge is 0.387 e. The molecule has 0 fully saturated rings. The molecule has 26 heavy (non-hydrogen) atoms. The molecule has 0 saturated heterocycles. The van der Waals surface area contributed by atoms with Gasteiger partial charge in [0, 0.05) is 19.3 Å². The number of nitrogens with zero attached hydrogens (tertiary/aromatic N) is 1. The quantitative estimate of drug-likeness (QED) is 0.617. The topological polar surface area (TPSA) is 24.5 Å². The van der Waals surface area contributed by atoms with E-state index in [1.165, 1.54) is 22.9 Å². The Morgan fingerprint density at radius 2 is 1.73 bits per heavy atom. The summed E-state index contributed by atoms with van der Waals surface area (Å²) in [6.07, 6.45) is 0. The fraction of sp³-hybridized carbons (Fsp3) is 0.150. The number of nitrogens with one attached hydrogen (secondary N) is 1. The first-order valence-electron chi connectivity index (χ1n) is 8.06. The average Bonchev–Trinajstić information content (AvgIpc) is 2.62. The Bertz CT molecular complexity index is 900. The van der Waals surface area contributed by atoms with Gasteiger partial charge in [-0.1, -0.05) is 36.4 Å². The largest absolute Gasteiger partial charge is 0.435 e. The van der Waals surface area contributed by atoms with E-state index in [4.69, 9.17) is 12.2 Å². The molecule has 0 aliphatic rings. The normalized spacial score (nSPS) is 10.8. The van der Waals surface area contributed by atoms with Crippen LogP contribution in [0.5, 0.6) is 5.75 Å². The van der Waals surface area contributed by atoms with E-state index in [-0.39, 0.29) is 5.75 Å². The highest BCUT2D eigenvalue weighted by Gasteiger charge is 2.08. The molecule has 0 aromatic heterocycles. The highest BCUT2D eigenvalue weighted by Crippen LogP contribution is 2.19. The molecule has 0 aliphatic heterocycles. The van der Waals surface area contributed by atoms with Gasteiger partial charge in [-0.2, -0.15) is 8.78 Å². The van der Waals surface area contributed by atoms with Crippen molar-refractivity contribution in [1.82, 2.24) is 4.90 Å². The number of hydrogen-bond donors (Lipinski definition) is 1. The zero-order valence-electron chi connectivity index (χ0n) is 14.2. The van der Waals surface area contributed by atoms with Crippen LogP contribution in [0.1, 0.15) is 5.56 Å². The molecule has 0 saturated carbocycles. The third kappa shape index (κ3) is 4.67. The van der Waals surface area contributed by atoms with Gasteiger partial charge in [-0.3, -0.25) is 0 Å². The molecule has 0 radical (unpaired) electrons. The van der Waals surface area contributed by atoms with Gasteiger partial charge in [-0.05, 0) is 58.9 Å². The van der Waals surface area contributed by atoms with Crippen LogP contribution in [0.25, 0.3) is 10.8 Å². The molecule has 134 valence electrons. The maximum atomic E-state index is 12.2. The first-order chi connectivity index (χ1) is 12.5. The van der Waals surface area contributed by atoms with Crippen molar-refractivity contribution < 1.29 is 13.5 Å². The first-order valence-corrected chi connectivity index (χ1v) is 8.47. The third-order valence-electron chi connectivity index (χ3n) is 3.91. The standard InChI is InChI=1S/C20H18F2N2OS/c1-24(13-14-6-7-15-4-2-3-5-16(15)12-14)20(26)23-17-8-10-18(11-9-17)25-19(21)22/h2-12,19H,13H2,1H3,(H,23,26). The van der Waals surface area contributed by atoms with Crippen molar-refractivity contribution in [1.29, 1.82) is 0 Å². The van der Waals surface area contributed by atoms with E-state index < -0.39 is 6.61 Å². The Morgan fingerprint density at radius 3 is 2.42 bits per heavy atom. The summed E-state index contributed by atoms with van der Waals surface area (Å²) < 4.78 is 28.7. The summed E-state index contributed by atoms with van der Waals surface area (Å²) in [5.41, 5.74) is 1.86. The predicted molar refractivity (Wildman–Crippen MR) is 105 cm³/mol. The fourth-order valence-electron chi connectivity index (χ4n) is 2.62. The van der Waals surface area contributed by atoms with E-state index in [0.29, 0.717) is 17.3 Å². The molecule has 1 N–H and O–H groups in total. The molecule has 3 aromatic rings. The Labute approximate surface area is 156 Å². The molecular formula is C20H18F2N2OS. The van der Waals surface area contributed by atoms with E-state index in [1.54, 1.807) is 12.1 Å². The minimum atomic E-state index is -2.83. The van der Waals surface area contributed by atoms with Gasteiger partial charge in [-0.25, -0.2) is 0 Å². The molecule has 0 aliphatic carbocycles. The number of hydrogen-bond acceptors (Lipinski definition) is 2. The lowest BCUT2D eigenvalue weighted by Gasteiger charge is -2.21. The van der Waals surface area contributed by atoms with Crippen LogP contribution in [-0.4, -0.2) is 23.7 Å². The second-order valence-electron chi connectivity index (χ2n) is 5.87. The zero-order chi connectivity index (χ0) is 18.5. The number of thiocarbonyl (C=S) groups is 1. The Hall–Kier alpha value is -2.73. The number of halogens is 2. The molecule has 6 heteroatoms. The Kier molecular flexibility index (Phi) is 5.63. The molecule has 0 amide bonds. The number of alkyl halides is 2. The number of anilines is 1. The Balaban J connectivity index is 1.61. The van der Waals surface area contributed by atoms with Crippen LogP contribution in [0.4, 0.5) is 14.5 Å². The predicted octanol–water partition coefficient (Wildman–Crippen LogP) is 5.27. The zero-order valence-corrected chi connectivity index (χ0v) is 15.0. The maximum Gasteiger partial charge on any atom is 0.387 e. The minimum absolute atomic E-state index is 0.112. The van der Waals surface area contributed by atoms with Crippen LogP contribution in [-0.2, 0) is 6.54 Å². The molecule has 0 spiro atoms. The van der Waals surface area contributed by atoms with Crippen molar-refractivity contribution in [2.24, 2.45) is 0 Å².